The van der Waals surface area contributed by atoms with Gasteiger partial charge in [0.25, 0.3) is 0 Å². The number of aryl methyl sites for hydroxylation is 1. The van der Waals surface area contributed by atoms with Crippen molar-refractivity contribution in [2.75, 3.05) is 13.2 Å². The molecule has 0 aliphatic heterocycles. The van der Waals surface area contributed by atoms with E-state index in [9.17, 15) is 0 Å². The van der Waals surface area contributed by atoms with Crippen LogP contribution in [0.4, 0.5) is 0 Å². The van der Waals surface area contributed by atoms with Gasteiger partial charge in [-0.1, -0.05) is 39.0 Å². The summed E-state index contributed by atoms with van der Waals surface area (Å²) >= 11 is 0. The van der Waals surface area contributed by atoms with Crippen LogP contribution in [-0.2, 0) is 11.8 Å². The van der Waals surface area contributed by atoms with Crippen LogP contribution >= 0.6 is 0 Å². The molecule has 1 atom stereocenters. The van der Waals surface area contributed by atoms with Crippen LogP contribution in [0.25, 0.3) is 0 Å². The van der Waals surface area contributed by atoms with Gasteiger partial charge >= 0.3 is 0 Å². The first-order valence-corrected chi connectivity index (χ1v) is 7.08. The highest BCUT2D eigenvalue weighted by Crippen LogP contribution is 2.16. The van der Waals surface area contributed by atoms with Crippen molar-refractivity contribution in [2.24, 2.45) is 12.8 Å². The maximum absolute atomic E-state index is 5.82. The molecule has 0 radical (unpaired) electrons. The number of nitrogens with zero attached hydrogens (tertiary/aromatic N) is 2. The van der Waals surface area contributed by atoms with Crippen LogP contribution in [0.15, 0.2) is 12.4 Å². The van der Waals surface area contributed by atoms with Crippen molar-refractivity contribution in [2.45, 2.75) is 51.6 Å². The van der Waals surface area contributed by atoms with Gasteiger partial charge in [-0.15, -0.1) is 0 Å². The topological polar surface area (TPSA) is 53.1 Å². The highest BCUT2D eigenvalue weighted by atomic mass is 16.5. The molecule has 4 heteroatoms. The summed E-state index contributed by atoms with van der Waals surface area (Å²) in [5.41, 5.74) is 6.81. The van der Waals surface area contributed by atoms with Crippen molar-refractivity contribution >= 4 is 0 Å². The van der Waals surface area contributed by atoms with Crippen molar-refractivity contribution < 1.29 is 4.74 Å². The van der Waals surface area contributed by atoms with Gasteiger partial charge in [-0.3, -0.25) is 4.68 Å². The second kappa shape index (κ2) is 9.11. The first-order chi connectivity index (χ1) is 8.77. The fourth-order valence-electron chi connectivity index (χ4n) is 2.01. The smallest absolute Gasteiger partial charge is 0.0977 e. The van der Waals surface area contributed by atoms with E-state index in [-0.39, 0.29) is 6.10 Å². The number of hydrogen-bond donors (Lipinski definition) is 1. The lowest BCUT2D eigenvalue weighted by Crippen LogP contribution is -2.16. The molecule has 2 N–H and O–H groups in total. The monoisotopic (exact) mass is 253 g/mol. The Morgan fingerprint density at radius 1 is 1.28 bits per heavy atom. The van der Waals surface area contributed by atoms with E-state index in [4.69, 9.17) is 10.5 Å². The van der Waals surface area contributed by atoms with Crippen LogP contribution in [0.5, 0.6) is 0 Å². The number of aromatic nitrogens is 2. The highest BCUT2D eigenvalue weighted by Gasteiger charge is 2.11. The van der Waals surface area contributed by atoms with E-state index in [2.05, 4.69) is 12.0 Å². The lowest BCUT2D eigenvalue weighted by atomic mass is 10.1. The molecule has 0 saturated heterocycles. The SMILES string of the molecule is CCCCCCCCOC(CN)c1cnn(C)c1. The van der Waals surface area contributed by atoms with Crippen LogP contribution in [0.3, 0.4) is 0 Å². The molecule has 0 spiro atoms. The molecule has 1 heterocycles. The van der Waals surface area contributed by atoms with Gasteiger partial charge in [0.15, 0.2) is 0 Å². The summed E-state index contributed by atoms with van der Waals surface area (Å²) in [6, 6.07) is 0. The minimum absolute atomic E-state index is 0.00524. The summed E-state index contributed by atoms with van der Waals surface area (Å²) in [6.07, 6.45) is 11.5. The number of nitrogens with two attached hydrogens (primary N) is 1. The minimum Gasteiger partial charge on any atom is -0.372 e. The maximum Gasteiger partial charge on any atom is 0.0977 e. The third-order valence-corrected chi connectivity index (χ3v) is 3.13. The zero-order chi connectivity index (χ0) is 13.2. The van der Waals surface area contributed by atoms with Crippen LogP contribution in [0.2, 0.25) is 0 Å². The van der Waals surface area contributed by atoms with Gasteiger partial charge in [-0.25, -0.2) is 0 Å². The van der Waals surface area contributed by atoms with E-state index in [1.54, 1.807) is 4.68 Å². The summed E-state index contributed by atoms with van der Waals surface area (Å²) in [5.74, 6) is 0. The molecule has 1 rings (SSSR count). The third kappa shape index (κ3) is 5.65. The lowest BCUT2D eigenvalue weighted by Gasteiger charge is -2.14. The molecular weight excluding hydrogens is 226 g/mol. The normalized spacial score (nSPS) is 12.8. The summed E-state index contributed by atoms with van der Waals surface area (Å²) < 4.78 is 7.60. The maximum atomic E-state index is 5.82. The van der Waals surface area contributed by atoms with Crippen molar-refractivity contribution in [3.8, 4) is 0 Å². The van der Waals surface area contributed by atoms with Crippen LogP contribution in [0, 0.1) is 0 Å². The highest BCUT2D eigenvalue weighted by molar-refractivity contribution is 5.08. The molecule has 0 aromatic carbocycles. The van der Waals surface area contributed by atoms with Gasteiger partial charge in [0.05, 0.1) is 12.3 Å². The van der Waals surface area contributed by atoms with Gasteiger partial charge in [0, 0.05) is 32.0 Å². The van der Waals surface area contributed by atoms with Crippen LogP contribution in [0.1, 0.15) is 57.1 Å². The molecule has 0 bridgehead atoms. The quantitative estimate of drug-likeness (QED) is 0.652. The Morgan fingerprint density at radius 2 is 2.00 bits per heavy atom. The average molecular weight is 253 g/mol. The Hall–Kier alpha value is -0.870. The summed E-state index contributed by atoms with van der Waals surface area (Å²) in [6.45, 7) is 3.55. The van der Waals surface area contributed by atoms with Crippen molar-refractivity contribution in [1.29, 1.82) is 0 Å². The summed E-state index contributed by atoms with van der Waals surface area (Å²) in [7, 11) is 1.91. The third-order valence-electron chi connectivity index (χ3n) is 3.13. The van der Waals surface area contributed by atoms with Gasteiger partial charge in [-0.2, -0.15) is 5.10 Å². The fourth-order valence-corrected chi connectivity index (χ4v) is 2.01. The van der Waals surface area contributed by atoms with Crippen molar-refractivity contribution in [1.82, 2.24) is 9.78 Å². The Bertz CT molecular complexity index is 312. The van der Waals surface area contributed by atoms with Gasteiger partial charge in [0.2, 0.25) is 0 Å². The molecule has 0 amide bonds. The second-order valence-electron chi connectivity index (χ2n) is 4.81. The van der Waals surface area contributed by atoms with Gasteiger partial charge < -0.3 is 10.5 Å². The Balaban J connectivity index is 2.13. The number of hydrogen-bond acceptors (Lipinski definition) is 3. The van der Waals surface area contributed by atoms with E-state index >= 15 is 0 Å². The Labute approximate surface area is 111 Å². The van der Waals surface area contributed by atoms with Crippen molar-refractivity contribution in [3.63, 3.8) is 0 Å². The van der Waals surface area contributed by atoms with Crippen LogP contribution < -0.4 is 5.73 Å². The zero-order valence-corrected chi connectivity index (χ0v) is 11.8. The molecule has 0 aliphatic carbocycles. The predicted octanol–water partition coefficient (Wildman–Crippen LogP) is 2.80. The molecule has 4 nitrogen and oxygen atoms in total. The summed E-state index contributed by atoms with van der Waals surface area (Å²) in [4.78, 5) is 0. The molecule has 104 valence electrons. The number of unbranched alkanes of at least 4 members (excludes halogenated alkanes) is 5. The summed E-state index contributed by atoms with van der Waals surface area (Å²) in [5, 5.41) is 4.14. The minimum atomic E-state index is -0.00524. The number of rotatable bonds is 10. The lowest BCUT2D eigenvalue weighted by molar-refractivity contribution is 0.0557. The Kier molecular flexibility index (Phi) is 7.69. The van der Waals surface area contributed by atoms with Gasteiger partial charge in [0.1, 0.15) is 0 Å². The van der Waals surface area contributed by atoms with E-state index in [1.807, 2.05) is 19.4 Å². The molecule has 1 unspecified atom stereocenters. The van der Waals surface area contributed by atoms with E-state index in [1.165, 1.54) is 32.1 Å². The molecule has 0 aliphatic rings. The standard InChI is InChI=1S/C14H27N3O/c1-3-4-5-6-7-8-9-18-14(10-15)13-11-16-17(2)12-13/h11-12,14H,3-10,15H2,1-2H3. The molecule has 18 heavy (non-hydrogen) atoms. The Morgan fingerprint density at radius 3 is 2.61 bits per heavy atom. The largest absolute Gasteiger partial charge is 0.372 e. The molecule has 0 saturated carbocycles. The van der Waals surface area contributed by atoms with E-state index in [0.29, 0.717) is 6.54 Å². The second-order valence-corrected chi connectivity index (χ2v) is 4.81. The molecule has 1 aromatic heterocycles. The average Bonchev–Trinajstić information content (AvgIpc) is 2.79. The van der Waals surface area contributed by atoms with Crippen molar-refractivity contribution in [3.05, 3.63) is 18.0 Å². The zero-order valence-electron chi connectivity index (χ0n) is 11.8. The first-order valence-electron chi connectivity index (χ1n) is 7.08. The molecular formula is C14H27N3O. The van der Waals surface area contributed by atoms with E-state index in [0.717, 1.165) is 18.6 Å². The van der Waals surface area contributed by atoms with Crippen LogP contribution in [-0.4, -0.2) is 22.9 Å². The first kappa shape index (κ1) is 15.2. The number of ether oxygens (including phenoxy) is 1. The molecule has 0 fully saturated rings. The van der Waals surface area contributed by atoms with E-state index < -0.39 is 0 Å². The van der Waals surface area contributed by atoms with Gasteiger partial charge in [-0.05, 0) is 6.42 Å². The fraction of sp³-hybridized carbons (Fsp3) is 0.786. The predicted molar refractivity (Wildman–Crippen MR) is 74.3 cm³/mol. The molecule has 1 aromatic rings.